The maximum Gasteiger partial charge on any atom is 0.305 e. The van der Waals surface area contributed by atoms with Gasteiger partial charge < -0.3 is 19.3 Å². The molecule has 0 saturated heterocycles. The fourth-order valence-electron chi connectivity index (χ4n) is 1.67. The zero-order chi connectivity index (χ0) is 16.0. The van der Waals surface area contributed by atoms with Crippen LogP contribution >= 0.6 is 0 Å². The van der Waals surface area contributed by atoms with Crippen molar-refractivity contribution in [3.63, 3.8) is 0 Å². The molecule has 0 aliphatic heterocycles. The molecule has 22 heavy (non-hydrogen) atoms. The predicted octanol–water partition coefficient (Wildman–Crippen LogP) is 2.27. The first-order valence-electron chi connectivity index (χ1n) is 7.31. The number of hydrogen-bond acceptors (Lipinski definition) is 5. The molecule has 0 unspecified atom stereocenters. The number of carboxylic acid groups (broad SMARTS) is 1. The highest BCUT2D eigenvalue weighted by molar-refractivity contribution is 5.69. The third-order valence-corrected chi connectivity index (χ3v) is 2.75. The van der Waals surface area contributed by atoms with E-state index in [-0.39, 0.29) is 25.4 Å². The number of esters is 1. The molecule has 122 valence electrons. The molecule has 0 radical (unpaired) electrons. The molecule has 6 nitrogen and oxygen atoms in total. The second kappa shape index (κ2) is 11.6. The number of para-hydroxylation sites is 1. The lowest BCUT2D eigenvalue weighted by molar-refractivity contribution is -0.145. The van der Waals surface area contributed by atoms with E-state index in [1.165, 1.54) is 0 Å². The van der Waals surface area contributed by atoms with Crippen molar-refractivity contribution in [3.8, 4) is 5.75 Å². The molecule has 0 amide bonds. The number of unbranched alkanes of at least 4 members (excludes halogenated alkanes) is 1. The first-order chi connectivity index (χ1) is 10.7. The summed E-state index contributed by atoms with van der Waals surface area (Å²) in [5.41, 5.74) is 0. The maximum absolute atomic E-state index is 11.3. The average molecular weight is 310 g/mol. The number of aliphatic carboxylic acids is 1. The highest BCUT2D eigenvalue weighted by Gasteiger charge is 2.04. The van der Waals surface area contributed by atoms with E-state index in [2.05, 4.69) is 0 Å². The second-order valence-electron chi connectivity index (χ2n) is 4.60. The Morgan fingerprint density at radius 1 is 0.909 bits per heavy atom. The van der Waals surface area contributed by atoms with E-state index >= 15 is 0 Å². The Morgan fingerprint density at radius 3 is 2.32 bits per heavy atom. The summed E-state index contributed by atoms with van der Waals surface area (Å²) in [5.74, 6) is -0.382. The number of carbonyl (C=O) groups excluding carboxylic acids is 1. The van der Waals surface area contributed by atoms with Gasteiger partial charge in [0.25, 0.3) is 0 Å². The molecule has 1 aromatic carbocycles. The Hall–Kier alpha value is -2.08. The highest BCUT2D eigenvalue weighted by Crippen LogP contribution is 2.07. The number of carboxylic acids is 1. The van der Waals surface area contributed by atoms with Gasteiger partial charge in [-0.2, -0.15) is 0 Å². The van der Waals surface area contributed by atoms with Crippen LogP contribution in [0.3, 0.4) is 0 Å². The summed E-state index contributed by atoms with van der Waals surface area (Å²) in [6.07, 6.45) is 1.33. The van der Waals surface area contributed by atoms with E-state index in [0.29, 0.717) is 32.7 Å². The molecule has 6 heteroatoms. The Kier molecular flexibility index (Phi) is 9.45. The van der Waals surface area contributed by atoms with Crippen molar-refractivity contribution in [1.29, 1.82) is 0 Å². The lowest BCUT2D eigenvalue weighted by Gasteiger charge is -2.07. The summed E-state index contributed by atoms with van der Waals surface area (Å²) >= 11 is 0. The summed E-state index contributed by atoms with van der Waals surface area (Å²) in [6, 6.07) is 9.44. The van der Waals surface area contributed by atoms with Crippen LogP contribution in [0.1, 0.15) is 25.7 Å². The molecule has 0 fully saturated rings. The van der Waals surface area contributed by atoms with Crippen molar-refractivity contribution in [2.24, 2.45) is 0 Å². The van der Waals surface area contributed by atoms with Gasteiger partial charge in [0.15, 0.2) is 0 Å². The van der Waals surface area contributed by atoms with Crippen LogP contribution < -0.4 is 4.74 Å². The lowest BCUT2D eigenvalue weighted by Crippen LogP contribution is -2.13. The average Bonchev–Trinajstić information content (AvgIpc) is 2.51. The zero-order valence-electron chi connectivity index (χ0n) is 12.5. The SMILES string of the molecule is O=C(O)CCCCC(=O)OCCOCCOc1ccccc1. The molecule has 0 atom stereocenters. The van der Waals surface area contributed by atoms with Gasteiger partial charge in [-0.05, 0) is 25.0 Å². The number of rotatable bonds is 12. The Balaban J connectivity index is 1.88. The molecule has 1 N–H and O–H groups in total. The summed E-state index contributed by atoms with van der Waals surface area (Å²) in [6.45, 7) is 1.38. The minimum Gasteiger partial charge on any atom is -0.491 e. The van der Waals surface area contributed by atoms with Crippen molar-refractivity contribution in [1.82, 2.24) is 0 Å². The summed E-state index contributed by atoms with van der Waals surface area (Å²) < 4.78 is 15.7. The molecule has 1 rings (SSSR count). The van der Waals surface area contributed by atoms with Gasteiger partial charge in [-0.15, -0.1) is 0 Å². The van der Waals surface area contributed by atoms with Crippen LogP contribution in [0.2, 0.25) is 0 Å². The van der Waals surface area contributed by atoms with Gasteiger partial charge in [0.2, 0.25) is 0 Å². The normalized spacial score (nSPS) is 10.2. The van der Waals surface area contributed by atoms with Crippen LogP contribution in [0.4, 0.5) is 0 Å². The van der Waals surface area contributed by atoms with E-state index in [0.717, 1.165) is 5.75 Å². The number of ether oxygens (including phenoxy) is 3. The van der Waals surface area contributed by atoms with E-state index in [4.69, 9.17) is 19.3 Å². The van der Waals surface area contributed by atoms with Crippen LogP contribution in [-0.4, -0.2) is 43.5 Å². The fraction of sp³-hybridized carbons (Fsp3) is 0.500. The molecular weight excluding hydrogens is 288 g/mol. The summed E-state index contributed by atoms with van der Waals surface area (Å²) in [7, 11) is 0. The Labute approximate surface area is 130 Å². The van der Waals surface area contributed by atoms with Crippen LogP contribution in [0.5, 0.6) is 5.75 Å². The van der Waals surface area contributed by atoms with Crippen molar-refractivity contribution in [2.75, 3.05) is 26.4 Å². The molecule has 0 aliphatic rings. The van der Waals surface area contributed by atoms with Crippen LogP contribution in [0, 0.1) is 0 Å². The molecular formula is C16H22O6. The lowest BCUT2D eigenvalue weighted by atomic mass is 10.2. The minimum atomic E-state index is -0.848. The zero-order valence-corrected chi connectivity index (χ0v) is 12.5. The van der Waals surface area contributed by atoms with E-state index < -0.39 is 5.97 Å². The van der Waals surface area contributed by atoms with Crippen molar-refractivity contribution < 1.29 is 28.9 Å². The highest BCUT2D eigenvalue weighted by atomic mass is 16.6. The molecule has 0 aromatic heterocycles. The minimum absolute atomic E-state index is 0.0812. The van der Waals surface area contributed by atoms with Gasteiger partial charge in [-0.25, -0.2) is 0 Å². The van der Waals surface area contributed by atoms with E-state index in [1.54, 1.807) is 0 Å². The number of benzene rings is 1. The molecule has 1 aromatic rings. The molecule has 0 heterocycles. The molecule has 0 aliphatic carbocycles. The second-order valence-corrected chi connectivity index (χ2v) is 4.60. The van der Waals surface area contributed by atoms with Crippen molar-refractivity contribution in [2.45, 2.75) is 25.7 Å². The van der Waals surface area contributed by atoms with Crippen molar-refractivity contribution in [3.05, 3.63) is 30.3 Å². The Bertz CT molecular complexity index is 432. The smallest absolute Gasteiger partial charge is 0.305 e. The van der Waals surface area contributed by atoms with Crippen molar-refractivity contribution >= 4 is 11.9 Å². The predicted molar refractivity (Wildman–Crippen MR) is 79.8 cm³/mol. The summed E-state index contributed by atoms with van der Waals surface area (Å²) in [4.78, 5) is 21.6. The molecule has 0 bridgehead atoms. The third-order valence-electron chi connectivity index (χ3n) is 2.75. The van der Waals surface area contributed by atoms with E-state index in [9.17, 15) is 9.59 Å². The summed E-state index contributed by atoms with van der Waals surface area (Å²) in [5, 5.41) is 8.45. The maximum atomic E-state index is 11.3. The van der Waals surface area contributed by atoms with Gasteiger partial charge in [0.05, 0.1) is 13.2 Å². The first kappa shape index (κ1) is 18.0. The van der Waals surface area contributed by atoms with Gasteiger partial charge in [0, 0.05) is 12.8 Å². The largest absolute Gasteiger partial charge is 0.491 e. The fourth-order valence-corrected chi connectivity index (χ4v) is 1.67. The number of hydrogen-bond donors (Lipinski definition) is 1. The Morgan fingerprint density at radius 2 is 1.59 bits per heavy atom. The third kappa shape index (κ3) is 9.77. The van der Waals surface area contributed by atoms with Gasteiger partial charge in [0.1, 0.15) is 19.0 Å². The molecule has 0 saturated carbocycles. The van der Waals surface area contributed by atoms with Gasteiger partial charge >= 0.3 is 11.9 Å². The first-order valence-corrected chi connectivity index (χ1v) is 7.31. The van der Waals surface area contributed by atoms with Gasteiger partial charge in [-0.1, -0.05) is 18.2 Å². The topological polar surface area (TPSA) is 82.1 Å². The van der Waals surface area contributed by atoms with E-state index in [1.807, 2.05) is 30.3 Å². The number of carbonyl (C=O) groups is 2. The quantitative estimate of drug-likeness (QED) is 0.471. The molecule has 0 spiro atoms. The van der Waals surface area contributed by atoms with Gasteiger partial charge in [-0.3, -0.25) is 9.59 Å². The van der Waals surface area contributed by atoms with Crippen LogP contribution in [0.15, 0.2) is 30.3 Å². The standard InChI is InChI=1S/C16H22O6/c17-15(18)8-4-5-9-16(19)22-13-11-20-10-12-21-14-6-2-1-3-7-14/h1-3,6-7H,4-5,8-13H2,(H,17,18). The van der Waals surface area contributed by atoms with Crippen LogP contribution in [0.25, 0.3) is 0 Å². The monoisotopic (exact) mass is 310 g/mol. The van der Waals surface area contributed by atoms with Crippen LogP contribution in [-0.2, 0) is 19.1 Å².